The van der Waals surface area contributed by atoms with Crippen molar-refractivity contribution in [3.63, 3.8) is 0 Å². The highest BCUT2D eigenvalue weighted by atomic mass is 32.3. The van der Waals surface area contributed by atoms with Crippen LogP contribution >= 0.6 is 11.8 Å². The zero-order chi connectivity index (χ0) is 15.6. The Balaban J connectivity index is 0.000000219. The van der Waals surface area contributed by atoms with Crippen LogP contribution in [0.3, 0.4) is 0 Å². The van der Waals surface area contributed by atoms with Gasteiger partial charge in [-0.2, -0.15) is 8.42 Å². The van der Waals surface area contributed by atoms with E-state index in [1.165, 1.54) is 11.8 Å². The molecule has 0 aromatic heterocycles. The summed E-state index contributed by atoms with van der Waals surface area (Å²) in [7, 11) is -4.32. The summed E-state index contributed by atoms with van der Waals surface area (Å²) in [4.78, 5) is 0.986. The maximum atomic E-state index is 12.0. The van der Waals surface area contributed by atoms with E-state index < -0.39 is 16.0 Å². The fourth-order valence-electron chi connectivity index (χ4n) is 1.46. The molecule has 2 aromatic carbocycles. The lowest BCUT2D eigenvalue weighted by molar-refractivity contribution is 0.551. The summed E-state index contributed by atoms with van der Waals surface area (Å²) in [5, 5.41) is 0. The highest BCUT2D eigenvalue weighted by Crippen LogP contribution is 2.16. The number of alkyl halides is 1. The van der Waals surface area contributed by atoms with Gasteiger partial charge in [-0.05, 0) is 24.1 Å². The van der Waals surface area contributed by atoms with Crippen molar-refractivity contribution < 1.29 is 16.7 Å². The molecule has 0 fully saturated rings. The zero-order valence-electron chi connectivity index (χ0n) is 11.3. The van der Waals surface area contributed by atoms with Crippen LogP contribution in [-0.4, -0.2) is 20.2 Å². The highest BCUT2D eigenvalue weighted by molar-refractivity contribution is 7.99. The number of aryl methyl sites for hydroxylation is 1. The first kappa shape index (κ1) is 17.7. The normalized spacial score (nSPS) is 10.6. The first-order chi connectivity index (χ1) is 10.0. The minimum Gasteiger partial charge on any atom is -0.239 e. The Bertz CT molecular complexity index is 602. The quantitative estimate of drug-likeness (QED) is 0.607. The second-order valence-corrected chi connectivity index (χ2v) is 6.51. The lowest BCUT2D eigenvalue weighted by Gasteiger charge is -1.96. The largest absolute Gasteiger partial charge is 0.302 e. The third-order valence-electron chi connectivity index (χ3n) is 2.44. The summed E-state index contributed by atoms with van der Waals surface area (Å²) >= 11 is 1.21. The molecule has 2 rings (SSSR count). The van der Waals surface area contributed by atoms with E-state index in [2.05, 4.69) is 0 Å². The lowest BCUT2D eigenvalue weighted by atomic mass is 10.2. The van der Waals surface area contributed by atoms with Gasteiger partial charge in [0.2, 0.25) is 0 Å². The summed E-state index contributed by atoms with van der Waals surface area (Å²) in [5.74, 6) is -0.434. The Kier molecular flexibility index (Phi) is 8.00. The van der Waals surface area contributed by atoms with E-state index >= 15 is 0 Å². The average molecular weight is 330 g/mol. The third kappa shape index (κ3) is 9.20. The van der Waals surface area contributed by atoms with Crippen LogP contribution in [0.25, 0.3) is 0 Å². The Morgan fingerprint density at radius 3 is 1.90 bits per heavy atom. The van der Waals surface area contributed by atoms with Gasteiger partial charge in [-0.1, -0.05) is 60.3 Å². The lowest BCUT2D eigenvalue weighted by Crippen LogP contribution is -2.01. The van der Waals surface area contributed by atoms with Crippen molar-refractivity contribution >= 4 is 22.0 Å². The number of halogens is 2. The Morgan fingerprint density at radius 1 is 0.905 bits per heavy atom. The maximum Gasteiger partial charge on any atom is 0.302 e. The second-order valence-electron chi connectivity index (χ2n) is 4.05. The summed E-state index contributed by atoms with van der Waals surface area (Å²) in [5.41, 5.74) is 0.832. The van der Waals surface area contributed by atoms with Crippen LogP contribution < -0.4 is 0 Å². The molecule has 0 saturated carbocycles. The SMILES string of the molecule is FCSc1ccccc1.O=S(=O)(F)CCc1ccccc1. The molecule has 0 unspecified atom stereocenters. The van der Waals surface area contributed by atoms with Crippen LogP contribution in [0.2, 0.25) is 0 Å². The smallest absolute Gasteiger partial charge is 0.239 e. The predicted octanol–water partition coefficient (Wildman–Crippen LogP) is 4.23. The Labute approximate surface area is 128 Å². The predicted molar refractivity (Wildman–Crippen MR) is 83.3 cm³/mol. The monoisotopic (exact) mass is 330 g/mol. The van der Waals surface area contributed by atoms with E-state index in [-0.39, 0.29) is 12.4 Å². The van der Waals surface area contributed by atoms with Crippen molar-refractivity contribution in [1.29, 1.82) is 0 Å². The summed E-state index contributed by atoms with van der Waals surface area (Å²) in [6.45, 7) is 0. The van der Waals surface area contributed by atoms with Crippen molar-refractivity contribution in [2.75, 3.05) is 11.8 Å². The topological polar surface area (TPSA) is 34.1 Å². The molecule has 0 bridgehead atoms. The van der Waals surface area contributed by atoms with Gasteiger partial charge in [-0.3, -0.25) is 0 Å². The molecule has 0 heterocycles. The molecule has 2 nitrogen and oxygen atoms in total. The standard InChI is InChI=1S/C8H9FO2S.C7H7FS/c9-12(10,11)7-6-8-4-2-1-3-5-8;8-6-9-7-4-2-1-3-5-7/h1-5H,6-7H2;1-5H,6H2. The molecular formula is C15H16F2O2S2. The van der Waals surface area contributed by atoms with Gasteiger partial charge in [0.15, 0.2) is 0 Å². The summed E-state index contributed by atoms with van der Waals surface area (Å²) < 4.78 is 44.0. The van der Waals surface area contributed by atoms with Gasteiger partial charge >= 0.3 is 10.2 Å². The third-order valence-corrected chi connectivity index (χ3v) is 3.85. The summed E-state index contributed by atoms with van der Waals surface area (Å²) in [6, 6.07) is 18.1. The average Bonchev–Trinajstić information content (AvgIpc) is 2.48. The first-order valence-electron chi connectivity index (χ1n) is 6.21. The van der Waals surface area contributed by atoms with Crippen LogP contribution in [0.1, 0.15) is 5.56 Å². The molecule has 0 amide bonds. The molecule has 0 atom stereocenters. The minimum atomic E-state index is -4.32. The minimum absolute atomic E-state index is 0.236. The molecule has 2 aromatic rings. The second kappa shape index (κ2) is 9.52. The molecular weight excluding hydrogens is 314 g/mol. The van der Waals surface area contributed by atoms with Gasteiger partial charge in [0.1, 0.15) is 6.01 Å². The van der Waals surface area contributed by atoms with Gasteiger partial charge in [-0.25, -0.2) is 4.39 Å². The van der Waals surface area contributed by atoms with Crippen molar-refractivity contribution in [3.8, 4) is 0 Å². The van der Waals surface area contributed by atoms with Crippen LogP contribution in [0.4, 0.5) is 8.28 Å². The molecule has 114 valence electrons. The van der Waals surface area contributed by atoms with Crippen molar-refractivity contribution in [2.45, 2.75) is 11.3 Å². The first-order valence-corrected chi connectivity index (χ1v) is 8.75. The van der Waals surface area contributed by atoms with E-state index in [4.69, 9.17) is 0 Å². The van der Waals surface area contributed by atoms with E-state index in [0.29, 0.717) is 0 Å². The van der Waals surface area contributed by atoms with E-state index in [1.807, 2.05) is 36.4 Å². The zero-order valence-corrected chi connectivity index (χ0v) is 12.9. The number of benzene rings is 2. The van der Waals surface area contributed by atoms with Crippen molar-refractivity contribution in [2.24, 2.45) is 0 Å². The molecule has 0 aliphatic heterocycles. The van der Waals surface area contributed by atoms with Crippen molar-refractivity contribution in [3.05, 3.63) is 66.2 Å². The van der Waals surface area contributed by atoms with Crippen LogP contribution in [0.5, 0.6) is 0 Å². The van der Waals surface area contributed by atoms with Crippen LogP contribution in [0.15, 0.2) is 65.6 Å². The number of rotatable bonds is 5. The van der Waals surface area contributed by atoms with Gasteiger partial charge in [0, 0.05) is 4.90 Å². The van der Waals surface area contributed by atoms with Gasteiger partial charge in [0.25, 0.3) is 0 Å². The van der Waals surface area contributed by atoms with Crippen LogP contribution in [-0.2, 0) is 16.6 Å². The van der Waals surface area contributed by atoms with Gasteiger partial charge in [0.05, 0.1) is 5.75 Å². The molecule has 0 aliphatic carbocycles. The highest BCUT2D eigenvalue weighted by Gasteiger charge is 2.06. The van der Waals surface area contributed by atoms with Gasteiger partial charge in [-0.15, -0.1) is 3.89 Å². The van der Waals surface area contributed by atoms with Crippen molar-refractivity contribution in [1.82, 2.24) is 0 Å². The van der Waals surface area contributed by atoms with E-state index in [1.54, 1.807) is 24.3 Å². The number of hydrogen-bond acceptors (Lipinski definition) is 3. The molecule has 6 heteroatoms. The summed E-state index contributed by atoms with van der Waals surface area (Å²) in [6.07, 6.45) is 0.236. The van der Waals surface area contributed by atoms with Gasteiger partial charge < -0.3 is 0 Å². The van der Waals surface area contributed by atoms with Crippen LogP contribution in [0, 0.1) is 0 Å². The van der Waals surface area contributed by atoms with E-state index in [9.17, 15) is 16.7 Å². The molecule has 0 N–H and O–H groups in total. The molecule has 0 radical (unpaired) electrons. The Morgan fingerprint density at radius 2 is 1.43 bits per heavy atom. The maximum absolute atomic E-state index is 12.0. The van der Waals surface area contributed by atoms with E-state index in [0.717, 1.165) is 10.5 Å². The molecule has 21 heavy (non-hydrogen) atoms. The fourth-order valence-corrected chi connectivity index (χ4v) is 2.42. The Hall–Kier alpha value is -1.40. The number of hydrogen-bond donors (Lipinski definition) is 0. The molecule has 0 aliphatic rings. The fraction of sp³-hybridized carbons (Fsp3) is 0.200. The number of thioether (sulfide) groups is 1. The molecule has 0 spiro atoms. The molecule has 0 saturated heterocycles.